The van der Waals surface area contributed by atoms with Gasteiger partial charge < -0.3 is 15.2 Å². The molecule has 3 heterocycles. The first kappa shape index (κ1) is 17.3. The van der Waals surface area contributed by atoms with Crippen molar-refractivity contribution in [3.63, 3.8) is 0 Å². The number of nitrogens with one attached hydrogen (secondary N) is 2. The molecule has 1 aromatic heterocycles. The van der Waals surface area contributed by atoms with Crippen molar-refractivity contribution in [1.29, 1.82) is 0 Å². The van der Waals surface area contributed by atoms with Crippen LogP contribution >= 0.6 is 11.6 Å². The van der Waals surface area contributed by atoms with Gasteiger partial charge in [0, 0.05) is 35.4 Å². The lowest BCUT2D eigenvalue weighted by atomic mass is 9.99. The fraction of sp³-hybridized carbons (Fsp3) is 0.400. The number of nitrogens with zero attached hydrogens (tertiary/aromatic N) is 1. The summed E-state index contributed by atoms with van der Waals surface area (Å²) in [5.41, 5.74) is 1.20. The first-order valence-corrected chi connectivity index (χ1v) is 9.47. The Balaban J connectivity index is 1.49. The maximum Gasteiger partial charge on any atom is 0.252 e. The molecular weight excluding hydrogens is 350 g/mol. The Kier molecular flexibility index (Phi) is 4.83. The van der Waals surface area contributed by atoms with E-state index < -0.39 is 0 Å². The number of rotatable bonds is 4. The highest BCUT2D eigenvalue weighted by atomic mass is 35.5. The van der Waals surface area contributed by atoms with Crippen LogP contribution < -0.4 is 16.2 Å². The second-order valence-corrected chi connectivity index (χ2v) is 7.66. The van der Waals surface area contributed by atoms with Gasteiger partial charge in [0.2, 0.25) is 0 Å². The third-order valence-electron chi connectivity index (χ3n) is 5.35. The lowest BCUT2D eigenvalue weighted by Gasteiger charge is -2.29. The molecule has 0 aliphatic carbocycles. The van der Waals surface area contributed by atoms with Crippen molar-refractivity contribution >= 4 is 17.5 Å². The van der Waals surface area contributed by atoms with Crippen molar-refractivity contribution in [2.24, 2.45) is 0 Å². The number of pyridine rings is 1. The number of benzene rings is 1. The molecule has 2 bridgehead atoms. The molecule has 1 aromatic carbocycles. The van der Waals surface area contributed by atoms with Gasteiger partial charge in [0.25, 0.3) is 11.5 Å². The van der Waals surface area contributed by atoms with Crippen molar-refractivity contribution < 1.29 is 4.79 Å². The fourth-order valence-electron chi connectivity index (χ4n) is 4.04. The molecule has 4 rings (SSSR count). The van der Waals surface area contributed by atoms with Gasteiger partial charge in [-0.15, -0.1) is 0 Å². The normalized spacial score (nSPS) is 24.4. The average Bonchev–Trinajstić information content (AvgIpc) is 2.97. The molecule has 2 aliphatic heterocycles. The van der Waals surface area contributed by atoms with Crippen LogP contribution in [0.4, 0.5) is 0 Å². The number of piperidine rings is 1. The maximum absolute atomic E-state index is 12.7. The Morgan fingerprint density at radius 2 is 1.88 bits per heavy atom. The first-order chi connectivity index (χ1) is 12.6. The summed E-state index contributed by atoms with van der Waals surface area (Å²) in [6.45, 7) is 0.344. The predicted octanol–water partition coefficient (Wildman–Crippen LogP) is 2.56. The monoisotopic (exact) mass is 371 g/mol. The van der Waals surface area contributed by atoms with Gasteiger partial charge in [0.1, 0.15) is 0 Å². The second-order valence-electron chi connectivity index (χ2n) is 7.25. The quantitative estimate of drug-likeness (QED) is 0.868. The third-order valence-corrected chi connectivity index (χ3v) is 5.72. The highest BCUT2D eigenvalue weighted by Crippen LogP contribution is 2.26. The number of carbonyl (C=O) groups excluding carboxylic acids is 1. The highest BCUT2D eigenvalue weighted by molar-refractivity contribution is 6.31. The van der Waals surface area contributed by atoms with Crippen LogP contribution in [0.3, 0.4) is 0 Å². The summed E-state index contributed by atoms with van der Waals surface area (Å²) in [5.74, 6) is -0.121. The standard InChI is InChI=1S/C20H22ClN3O2/c21-18-4-2-1-3-13(18)11-24-12-14(5-8-19(24)25)20(26)23-17-9-15-6-7-16(10-17)22-15/h1-5,8,12,15-17,22H,6-7,9-11H2,(H,23,26). The maximum atomic E-state index is 12.7. The number of hydrogen-bond acceptors (Lipinski definition) is 3. The lowest BCUT2D eigenvalue weighted by Crippen LogP contribution is -2.48. The molecule has 136 valence electrons. The summed E-state index contributed by atoms with van der Waals surface area (Å²) < 4.78 is 1.53. The van der Waals surface area contributed by atoms with Crippen LogP contribution in [-0.2, 0) is 6.54 Å². The van der Waals surface area contributed by atoms with Gasteiger partial charge in [-0.05, 0) is 43.4 Å². The van der Waals surface area contributed by atoms with Gasteiger partial charge in [-0.1, -0.05) is 29.8 Å². The van der Waals surface area contributed by atoms with Crippen molar-refractivity contribution in [2.45, 2.75) is 50.4 Å². The van der Waals surface area contributed by atoms with E-state index in [1.807, 2.05) is 18.2 Å². The SMILES string of the molecule is O=C(NC1CC2CCC(C1)N2)c1ccc(=O)n(Cc2ccccc2Cl)c1. The van der Waals surface area contributed by atoms with E-state index >= 15 is 0 Å². The summed E-state index contributed by atoms with van der Waals surface area (Å²) in [4.78, 5) is 24.8. The molecule has 2 saturated heterocycles. The Morgan fingerprint density at radius 1 is 1.15 bits per heavy atom. The minimum atomic E-state index is -0.151. The zero-order valence-corrected chi connectivity index (χ0v) is 15.2. The number of halogens is 1. The fourth-order valence-corrected chi connectivity index (χ4v) is 4.24. The Labute approximate surface area is 157 Å². The molecule has 2 aliphatic rings. The molecule has 1 amide bonds. The first-order valence-electron chi connectivity index (χ1n) is 9.09. The third kappa shape index (κ3) is 3.69. The zero-order valence-electron chi connectivity index (χ0n) is 14.5. The van der Waals surface area contributed by atoms with Crippen molar-refractivity contribution in [2.75, 3.05) is 0 Å². The van der Waals surface area contributed by atoms with Gasteiger partial charge >= 0.3 is 0 Å². The molecule has 0 radical (unpaired) electrons. The minimum Gasteiger partial charge on any atom is -0.349 e. The van der Waals surface area contributed by atoms with Crippen LogP contribution in [0.1, 0.15) is 41.6 Å². The summed E-state index contributed by atoms with van der Waals surface area (Å²) in [6, 6.07) is 11.7. The van der Waals surface area contributed by atoms with E-state index in [2.05, 4.69) is 10.6 Å². The van der Waals surface area contributed by atoms with Crippen LogP contribution in [0, 0.1) is 0 Å². The van der Waals surface area contributed by atoms with Crippen LogP contribution in [0.15, 0.2) is 47.4 Å². The summed E-state index contributed by atoms with van der Waals surface area (Å²) in [5, 5.41) is 7.32. The van der Waals surface area contributed by atoms with Crippen LogP contribution in [0.2, 0.25) is 5.02 Å². The molecule has 2 N–H and O–H groups in total. The number of carbonyl (C=O) groups is 1. The average molecular weight is 372 g/mol. The molecule has 5 nitrogen and oxygen atoms in total. The van der Waals surface area contributed by atoms with Crippen molar-refractivity contribution in [3.05, 3.63) is 69.1 Å². The molecule has 6 heteroatoms. The Bertz CT molecular complexity index is 867. The smallest absolute Gasteiger partial charge is 0.252 e. The van der Waals surface area contributed by atoms with Crippen LogP contribution in [0.5, 0.6) is 0 Å². The zero-order chi connectivity index (χ0) is 18.1. The highest BCUT2D eigenvalue weighted by Gasteiger charge is 2.34. The van der Waals surface area contributed by atoms with Gasteiger partial charge in [-0.2, -0.15) is 0 Å². The molecule has 2 aromatic rings. The van der Waals surface area contributed by atoms with E-state index in [0.717, 1.165) is 18.4 Å². The van der Waals surface area contributed by atoms with Crippen molar-refractivity contribution in [3.8, 4) is 0 Å². The molecule has 26 heavy (non-hydrogen) atoms. The number of hydrogen-bond donors (Lipinski definition) is 2. The van der Waals surface area contributed by atoms with E-state index in [1.165, 1.54) is 23.5 Å². The van der Waals surface area contributed by atoms with Gasteiger partial charge in [-0.25, -0.2) is 0 Å². The Morgan fingerprint density at radius 3 is 2.62 bits per heavy atom. The van der Waals surface area contributed by atoms with Crippen molar-refractivity contribution in [1.82, 2.24) is 15.2 Å². The number of aromatic nitrogens is 1. The molecular formula is C20H22ClN3O2. The number of amides is 1. The van der Waals surface area contributed by atoms with Gasteiger partial charge in [0.05, 0.1) is 12.1 Å². The summed E-state index contributed by atoms with van der Waals surface area (Å²) >= 11 is 6.19. The van der Waals surface area contributed by atoms with E-state index in [4.69, 9.17) is 11.6 Å². The van der Waals surface area contributed by atoms with E-state index in [-0.39, 0.29) is 17.5 Å². The second kappa shape index (κ2) is 7.25. The van der Waals surface area contributed by atoms with Crippen LogP contribution in [-0.4, -0.2) is 28.6 Å². The van der Waals surface area contributed by atoms with E-state index in [0.29, 0.717) is 29.2 Å². The minimum absolute atomic E-state index is 0.121. The summed E-state index contributed by atoms with van der Waals surface area (Å²) in [6.07, 6.45) is 5.96. The summed E-state index contributed by atoms with van der Waals surface area (Å²) in [7, 11) is 0. The lowest BCUT2D eigenvalue weighted by molar-refractivity contribution is 0.0923. The van der Waals surface area contributed by atoms with E-state index in [1.54, 1.807) is 18.3 Å². The molecule has 0 spiro atoms. The predicted molar refractivity (Wildman–Crippen MR) is 102 cm³/mol. The molecule has 0 saturated carbocycles. The molecule has 2 fully saturated rings. The molecule has 2 atom stereocenters. The Hall–Kier alpha value is -2.11. The number of fused-ring (bicyclic) bond motifs is 2. The van der Waals surface area contributed by atoms with Gasteiger partial charge in [0.15, 0.2) is 0 Å². The topological polar surface area (TPSA) is 63.1 Å². The van der Waals surface area contributed by atoms with Crippen LogP contribution in [0.25, 0.3) is 0 Å². The van der Waals surface area contributed by atoms with E-state index in [9.17, 15) is 9.59 Å². The largest absolute Gasteiger partial charge is 0.349 e. The molecule has 2 unspecified atom stereocenters. The van der Waals surface area contributed by atoms with Gasteiger partial charge in [-0.3, -0.25) is 9.59 Å².